The van der Waals surface area contributed by atoms with E-state index >= 15 is 0 Å². The highest BCUT2D eigenvalue weighted by molar-refractivity contribution is 5.83. The second-order valence-corrected chi connectivity index (χ2v) is 7.96. The fourth-order valence-corrected chi connectivity index (χ4v) is 4.30. The van der Waals surface area contributed by atoms with Gasteiger partial charge in [0.25, 0.3) is 0 Å². The predicted octanol–water partition coefficient (Wildman–Crippen LogP) is 4.12. The summed E-state index contributed by atoms with van der Waals surface area (Å²) in [4.78, 5) is 3.37. The molecule has 1 aliphatic rings. The summed E-state index contributed by atoms with van der Waals surface area (Å²) in [7, 11) is 0. The molecular weight excluding hydrogens is 336 g/mol. The van der Waals surface area contributed by atoms with Crippen LogP contribution >= 0.6 is 0 Å². The third kappa shape index (κ3) is 3.63. The van der Waals surface area contributed by atoms with Crippen LogP contribution in [-0.4, -0.2) is 31.7 Å². The van der Waals surface area contributed by atoms with Crippen molar-refractivity contribution in [3.63, 3.8) is 0 Å². The summed E-state index contributed by atoms with van der Waals surface area (Å²) < 4.78 is 2.10. The molecule has 0 bridgehead atoms. The zero-order valence-corrected chi connectivity index (χ0v) is 16.4. The van der Waals surface area contributed by atoms with Gasteiger partial charge in [-0.2, -0.15) is 0 Å². The Balaban J connectivity index is 1.47. The Morgan fingerprint density at radius 2 is 2.04 bits per heavy atom. The second-order valence-electron chi connectivity index (χ2n) is 7.96. The van der Waals surface area contributed by atoms with E-state index < -0.39 is 0 Å². The molecule has 1 fully saturated rings. The van der Waals surface area contributed by atoms with Crippen LogP contribution in [0.25, 0.3) is 10.9 Å². The Hall–Kier alpha value is -2.21. The molecule has 1 atom stereocenters. The molecule has 6 nitrogen and oxygen atoms in total. The van der Waals surface area contributed by atoms with Crippen LogP contribution in [0.1, 0.15) is 69.8 Å². The fraction of sp³-hybridized carbons (Fsp3) is 0.571. The van der Waals surface area contributed by atoms with E-state index in [1.807, 2.05) is 0 Å². The SMILES string of the molecule is CC[C@@](C)(NCCc1c[nH]c2ccccc12)c1nnnn1C1CCCCC1. The first-order valence-electron chi connectivity index (χ1n) is 10.3. The zero-order chi connectivity index (χ0) is 18.7. The Morgan fingerprint density at radius 1 is 1.22 bits per heavy atom. The standard InChI is InChI=1S/C21H30N6/c1-3-21(2,20-24-25-26-27(20)17-9-5-4-6-10-17)23-14-13-16-15-22-19-12-8-7-11-18(16)19/h7-8,11-12,15,17,22-23H,3-6,9-10,13-14H2,1-2H3/t21-/m1/s1. The molecule has 2 N–H and O–H groups in total. The summed E-state index contributed by atoms with van der Waals surface area (Å²) in [6.07, 6.45) is 10.3. The minimum absolute atomic E-state index is 0.215. The van der Waals surface area contributed by atoms with Crippen LogP contribution in [0.15, 0.2) is 30.5 Å². The van der Waals surface area contributed by atoms with Crippen molar-refractivity contribution in [3.8, 4) is 0 Å². The number of nitrogens with one attached hydrogen (secondary N) is 2. The zero-order valence-electron chi connectivity index (χ0n) is 16.4. The molecule has 0 spiro atoms. The predicted molar refractivity (Wildman–Crippen MR) is 108 cm³/mol. The van der Waals surface area contributed by atoms with Gasteiger partial charge in [-0.25, -0.2) is 4.68 Å². The maximum atomic E-state index is 4.43. The number of nitrogens with zero attached hydrogens (tertiary/aromatic N) is 4. The lowest BCUT2D eigenvalue weighted by molar-refractivity contribution is 0.267. The van der Waals surface area contributed by atoms with E-state index in [1.54, 1.807) is 0 Å². The van der Waals surface area contributed by atoms with Crippen molar-refractivity contribution >= 4 is 10.9 Å². The molecule has 0 radical (unpaired) electrons. The summed E-state index contributed by atoms with van der Waals surface area (Å²) in [6, 6.07) is 8.93. The van der Waals surface area contributed by atoms with Gasteiger partial charge in [0.05, 0.1) is 11.6 Å². The van der Waals surface area contributed by atoms with Crippen LogP contribution in [0, 0.1) is 0 Å². The minimum Gasteiger partial charge on any atom is -0.361 e. The van der Waals surface area contributed by atoms with Gasteiger partial charge in [-0.1, -0.05) is 44.4 Å². The fourth-order valence-electron chi connectivity index (χ4n) is 4.30. The van der Waals surface area contributed by atoms with E-state index in [0.717, 1.165) is 25.2 Å². The molecule has 0 aliphatic heterocycles. The molecule has 1 aromatic carbocycles. The molecule has 1 aliphatic carbocycles. The first-order chi connectivity index (χ1) is 13.2. The van der Waals surface area contributed by atoms with Gasteiger partial charge >= 0.3 is 0 Å². The number of aromatic amines is 1. The number of rotatable bonds is 7. The van der Waals surface area contributed by atoms with Gasteiger partial charge in [0.15, 0.2) is 5.82 Å². The Morgan fingerprint density at radius 3 is 2.85 bits per heavy atom. The van der Waals surface area contributed by atoms with Gasteiger partial charge in [-0.05, 0) is 54.7 Å². The molecule has 4 rings (SSSR count). The quantitative estimate of drug-likeness (QED) is 0.660. The number of hydrogen-bond acceptors (Lipinski definition) is 4. The van der Waals surface area contributed by atoms with Gasteiger partial charge in [0, 0.05) is 23.6 Å². The molecule has 2 heterocycles. The van der Waals surface area contributed by atoms with Crippen LogP contribution in [0.2, 0.25) is 0 Å². The van der Waals surface area contributed by atoms with Crippen LogP contribution in [-0.2, 0) is 12.0 Å². The van der Waals surface area contributed by atoms with E-state index in [1.165, 1.54) is 48.6 Å². The minimum atomic E-state index is -0.215. The smallest absolute Gasteiger partial charge is 0.171 e. The van der Waals surface area contributed by atoms with Gasteiger partial charge in [-0.15, -0.1) is 5.10 Å². The topological polar surface area (TPSA) is 71.4 Å². The van der Waals surface area contributed by atoms with E-state index in [-0.39, 0.29) is 5.54 Å². The van der Waals surface area contributed by atoms with Crippen LogP contribution in [0.3, 0.4) is 0 Å². The second kappa shape index (κ2) is 7.80. The third-order valence-corrected chi connectivity index (χ3v) is 6.20. The molecule has 144 valence electrons. The van der Waals surface area contributed by atoms with Crippen molar-refractivity contribution in [2.45, 2.75) is 70.4 Å². The molecule has 6 heteroatoms. The average Bonchev–Trinajstić information content (AvgIpc) is 3.36. The first kappa shape index (κ1) is 18.2. The Bertz CT molecular complexity index is 876. The van der Waals surface area contributed by atoms with Crippen molar-refractivity contribution in [2.24, 2.45) is 0 Å². The summed E-state index contributed by atoms with van der Waals surface area (Å²) in [5, 5.41) is 17.9. The van der Waals surface area contributed by atoms with Crippen molar-refractivity contribution in [2.75, 3.05) is 6.54 Å². The lowest BCUT2D eigenvalue weighted by Gasteiger charge is -2.31. The van der Waals surface area contributed by atoms with Crippen molar-refractivity contribution in [1.29, 1.82) is 0 Å². The molecular formula is C21H30N6. The Labute approximate surface area is 160 Å². The van der Waals surface area contributed by atoms with E-state index in [2.05, 4.69) is 74.8 Å². The van der Waals surface area contributed by atoms with Crippen LogP contribution in [0.4, 0.5) is 0 Å². The lowest BCUT2D eigenvalue weighted by Crippen LogP contribution is -2.43. The van der Waals surface area contributed by atoms with E-state index in [9.17, 15) is 0 Å². The molecule has 0 saturated heterocycles. The van der Waals surface area contributed by atoms with Gasteiger partial charge in [0.1, 0.15) is 0 Å². The highest BCUT2D eigenvalue weighted by Crippen LogP contribution is 2.31. The number of hydrogen-bond donors (Lipinski definition) is 2. The number of benzene rings is 1. The number of fused-ring (bicyclic) bond motifs is 1. The van der Waals surface area contributed by atoms with Crippen molar-refractivity contribution in [3.05, 3.63) is 41.9 Å². The van der Waals surface area contributed by atoms with Gasteiger partial charge in [-0.3, -0.25) is 0 Å². The van der Waals surface area contributed by atoms with Crippen molar-refractivity contribution < 1.29 is 0 Å². The summed E-state index contributed by atoms with van der Waals surface area (Å²) in [6.45, 7) is 5.33. The van der Waals surface area contributed by atoms with Gasteiger partial charge < -0.3 is 10.3 Å². The van der Waals surface area contributed by atoms with Crippen LogP contribution < -0.4 is 5.32 Å². The largest absolute Gasteiger partial charge is 0.361 e. The summed E-state index contributed by atoms with van der Waals surface area (Å²) in [5.74, 6) is 0.982. The van der Waals surface area contributed by atoms with Gasteiger partial charge in [0.2, 0.25) is 0 Å². The number of aromatic nitrogens is 5. The monoisotopic (exact) mass is 366 g/mol. The highest BCUT2D eigenvalue weighted by Gasteiger charge is 2.33. The molecule has 1 saturated carbocycles. The number of H-pyrrole nitrogens is 1. The lowest BCUT2D eigenvalue weighted by atomic mass is 9.93. The highest BCUT2D eigenvalue weighted by atomic mass is 15.6. The molecule has 27 heavy (non-hydrogen) atoms. The van der Waals surface area contributed by atoms with Crippen LogP contribution in [0.5, 0.6) is 0 Å². The Kier molecular flexibility index (Phi) is 5.25. The molecule has 3 aromatic rings. The maximum absolute atomic E-state index is 4.43. The first-order valence-corrected chi connectivity index (χ1v) is 10.3. The third-order valence-electron chi connectivity index (χ3n) is 6.20. The number of para-hydroxylation sites is 1. The van der Waals surface area contributed by atoms with Crippen molar-refractivity contribution in [1.82, 2.24) is 30.5 Å². The maximum Gasteiger partial charge on any atom is 0.171 e. The molecule has 0 unspecified atom stereocenters. The molecule has 0 amide bonds. The normalized spacial score (nSPS) is 18.0. The number of tetrazole rings is 1. The summed E-state index contributed by atoms with van der Waals surface area (Å²) in [5.41, 5.74) is 2.34. The van der Waals surface area contributed by atoms with E-state index in [4.69, 9.17) is 0 Å². The molecule has 2 aromatic heterocycles. The van der Waals surface area contributed by atoms with E-state index in [0.29, 0.717) is 6.04 Å². The summed E-state index contributed by atoms with van der Waals surface area (Å²) >= 11 is 0. The average molecular weight is 367 g/mol.